The van der Waals surface area contributed by atoms with Gasteiger partial charge in [-0.1, -0.05) is 36.4 Å². The van der Waals surface area contributed by atoms with Crippen molar-refractivity contribution in [2.75, 3.05) is 29.9 Å². The molecule has 1 saturated heterocycles. The van der Waals surface area contributed by atoms with Crippen LogP contribution in [0.3, 0.4) is 0 Å². The molecule has 2 N–H and O–H groups in total. The zero-order valence-corrected chi connectivity index (χ0v) is 11.9. The van der Waals surface area contributed by atoms with Crippen molar-refractivity contribution in [3.8, 4) is 0 Å². The molecule has 0 saturated carbocycles. The minimum Gasteiger partial charge on any atom is -0.385 e. The van der Waals surface area contributed by atoms with Gasteiger partial charge in [0.25, 0.3) is 0 Å². The molecule has 0 bridgehead atoms. The van der Waals surface area contributed by atoms with E-state index < -0.39 is 0 Å². The Labute approximate surface area is 124 Å². The van der Waals surface area contributed by atoms with Crippen molar-refractivity contribution in [1.29, 1.82) is 0 Å². The van der Waals surface area contributed by atoms with Gasteiger partial charge in [-0.05, 0) is 30.2 Å². The van der Waals surface area contributed by atoms with E-state index in [0.717, 1.165) is 30.9 Å². The van der Waals surface area contributed by atoms with Gasteiger partial charge in [-0.15, -0.1) is 0 Å². The number of urea groups is 1. The van der Waals surface area contributed by atoms with Crippen LogP contribution in [0.5, 0.6) is 0 Å². The maximum Gasteiger partial charge on any atom is 0.321 e. The van der Waals surface area contributed by atoms with E-state index in [1.54, 1.807) is 4.90 Å². The standard InChI is InChI=1S/C17H19N3O/c21-17-19-11-12-20(17)16-8-4-7-15(13-16)18-10-9-14-5-2-1-3-6-14/h1-8,13,18H,9-12H2,(H,19,21). The number of rotatable bonds is 5. The van der Waals surface area contributed by atoms with Crippen LogP contribution in [0.25, 0.3) is 0 Å². The Kier molecular flexibility index (Phi) is 4.05. The molecule has 0 aliphatic carbocycles. The van der Waals surface area contributed by atoms with Crippen LogP contribution in [0.4, 0.5) is 16.2 Å². The van der Waals surface area contributed by atoms with Gasteiger partial charge in [0.15, 0.2) is 0 Å². The van der Waals surface area contributed by atoms with E-state index in [2.05, 4.69) is 34.9 Å². The van der Waals surface area contributed by atoms with Gasteiger partial charge in [-0.25, -0.2) is 4.79 Å². The van der Waals surface area contributed by atoms with Crippen molar-refractivity contribution in [1.82, 2.24) is 5.32 Å². The Balaban J connectivity index is 1.60. The van der Waals surface area contributed by atoms with E-state index in [0.29, 0.717) is 6.54 Å². The Bertz CT molecular complexity index is 612. The molecule has 0 aromatic heterocycles. The number of hydrogen-bond donors (Lipinski definition) is 2. The third-order valence-electron chi connectivity index (χ3n) is 3.60. The van der Waals surface area contributed by atoms with Gasteiger partial charge in [-0.3, -0.25) is 4.90 Å². The number of anilines is 2. The second-order valence-electron chi connectivity index (χ2n) is 5.10. The van der Waals surface area contributed by atoms with E-state index >= 15 is 0 Å². The lowest BCUT2D eigenvalue weighted by atomic mass is 10.1. The van der Waals surface area contributed by atoms with Crippen LogP contribution in [0.2, 0.25) is 0 Å². The summed E-state index contributed by atoms with van der Waals surface area (Å²) in [5.74, 6) is 0. The molecule has 1 aliphatic heterocycles. The smallest absolute Gasteiger partial charge is 0.321 e. The first-order chi connectivity index (χ1) is 10.3. The minimum atomic E-state index is -0.0172. The number of carbonyl (C=O) groups is 1. The van der Waals surface area contributed by atoms with Crippen LogP contribution in [-0.4, -0.2) is 25.7 Å². The molecule has 1 aliphatic rings. The Morgan fingerprint density at radius 2 is 1.95 bits per heavy atom. The van der Waals surface area contributed by atoms with Gasteiger partial charge < -0.3 is 10.6 Å². The number of benzene rings is 2. The molecule has 0 atom stereocenters. The fourth-order valence-corrected chi connectivity index (χ4v) is 2.50. The Hall–Kier alpha value is -2.49. The molecule has 4 heteroatoms. The highest BCUT2D eigenvalue weighted by atomic mass is 16.2. The van der Waals surface area contributed by atoms with Gasteiger partial charge in [0, 0.05) is 31.0 Å². The number of carbonyl (C=O) groups excluding carboxylic acids is 1. The van der Waals surface area contributed by atoms with Crippen LogP contribution < -0.4 is 15.5 Å². The summed E-state index contributed by atoms with van der Waals surface area (Å²) in [5, 5.41) is 6.23. The first-order valence-corrected chi connectivity index (χ1v) is 7.26. The number of nitrogens with one attached hydrogen (secondary N) is 2. The molecule has 1 heterocycles. The lowest BCUT2D eigenvalue weighted by Crippen LogP contribution is -2.27. The van der Waals surface area contributed by atoms with E-state index in [1.165, 1.54) is 5.56 Å². The number of amides is 2. The van der Waals surface area contributed by atoms with Gasteiger partial charge in [0.2, 0.25) is 0 Å². The van der Waals surface area contributed by atoms with Crippen molar-refractivity contribution in [3.05, 3.63) is 60.2 Å². The molecular weight excluding hydrogens is 262 g/mol. The zero-order valence-electron chi connectivity index (χ0n) is 11.9. The summed E-state index contributed by atoms with van der Waals surface area (Å²) in [4.78, 5) is 13.4. The van der Waals surface area contributed by atoms with Crippen LogP contribution in [0, 0.1) is 0 Å². The minimum absolute atomic E-state index is 0.0172. The molecule has 2 aromatic rings. The van der Waals surface area contributed by atoms with Crippen LogP contribution in [0.1, 0.15) is 5.56 Å². The average molecular weight is 281 g/mol. The predicted octanol–water partition coefficient (Wildman–Crippen LogP) is 2.87. The molecule has 21 heavy (non-hydrogen) atoms. The zero-order chi connectivity index (χ0) is 14.5. The topological polar surface area (TPSA) is 44.4 Å². The van der Waals surface area contributed by atoms with Gasteiger partial charge in [0.1, 0.15) is 0 Å². The van der Waals surface area contributed by atoms with E-state index in [1.807, 2.05) is 30.3 Å². The summed E-state index contributed by atoms with van der Waals surface area (Å²) < 4.78 is 0. The van der Waals surface area contributed by atoms with Crippen molar-refractivity contribution in [3.63, 3.8) is 0 Å². The molecule has 2 aromatic carbocycles. The lowest BCUT2D eigenvalue weighted by molar-refractivity contribution is 0.252. The van der Waals surface area contributed by atoms with Crippen molar-refractivity contribution >= 4 is 17.4 Å². The second-order valence-corrected chi connectivity index (χ2v) is 5.10. The molecule has 1 fully saturated rings. The van der Waals surface area contributed by atoms with Crippen LogP contribution in [-0.2, 0) is 6.42 Å². The quantitative estimate of drug-likeness (QED) is 0.885. The largest absolute Gasteiger partial charge is 0.385 e. The van der Waals surface area contributed by atoms with Crippen molar-refractivity contribution in [2.45, 2.75) is 6.42 Å². The molecule has 108 valence electrons. The normalized spacial score (nSPS) is 14.1. The highest BCUT2D eigenvalue weighted by molar-refractivity contribution is 5.94. The van der Waals surface area contributed by atoms with Gasteiger partial charge in [-0.2, -0.15) is 0 Å². The highest BCUT2D eigenvalue weighted by Crippen LogP contribution is 2.20. The molecule has 2 amide bonds. The summed E-state index contributed by atoms with van der Waals surface area (Å²) in [5.41, 5.74) is 3.30. The lowest BCUT2D eigenvalue weighted by Gasteiger charge is -2.15. The average Bonchev–Trinajstić information content (AvgIpc) is 2.95. The van der Waals surface area contributed by atoms with Gasteiger partial charge >= 0.3 is 6.03 Å². The molecule has 0 radical (unpaired) electrons. The van der Waals surface area contributed by atoms with Crippen molar-refractivity contribution in [2.24, 2.45) is 0 Å². The molecule has 4 nitrogen and oxygen atoms in total. The second kappa shape index (κ2) is 6.31. The summed E-state index contributed by atoms with van der Waals surface area (Å²) in [6.45, 7) is 2.32. The SMILES string of the molecule is O=C1NCCN1c1cccc(NCCc2ccccc2)c1. The summed E-state index contributed by atoms with van der Waals surface area (Å²) in [6.07, 6.45) is 0.981. The first-order valence-electron chi connectivity index (χ1n) is 7.26. The molecule has 0 unspecified atom stereocenters. The monoisotopic (exact) mass is 281 g/mol. The van der Waals surface area contributed by atoms with Crippen molar-refractivity contribution < 1.29 is 4.79 Å². The summed E-state index contributed by atoms with van der Waals surface area (Å²) in [6, 6.07) is 18.4. The maximum atomic E-state index is 11.7. The molecule has 0 spiro atoms. The third kappa shape index (κ3) is 3.34. The molecular formula is C17H19N3O. The Morgan fingerprint density at radius 3 is 2.71 bits per heavy atom. The highest BCUT2D eigenvalue weighted by Gasteiger charge is 2.20. The Morgan fingerprint density at radius 1 is 1.10 bits per heavy atom. The fourth-order valence-electron chi connectivity index (χ4n) is 2.50. The van der Waals surface area contributed by atoms with Crippen LogP contribution in [0.15, 0.2) is 54.6 Å². The third-order valence-corrected chi connectivity index (χ3v) is 3.60. The maximum absolute atomic E-state index is 11.7. The van der Waals surface area contributed by atoms with E-state index in [9.17, 15) is 4.79 Å². The summed E-state index contributed by atoms with van der Waals surface area (Å²) in [7, 11) is 0. The predicted molar refractivity (Wildman–Crippen MR) is 85.8 cm³/mol. The van der Waals surface area contributed by atoms with E-state index in [4.69, 9.17) is 0 Å². The summed E-state index contributed by atoms with van der Waals surface area (Å²) >= 11 is 0. The van der Waals surface area contributed by atoms with Gasteiger partial charge in [0.05, 0.1) is 0 Å². The number of hydrogen-bond acceptors (Lipinski definition) is 2. The number of nitrogens with zero attached hydrogens (tertiary/aromatic N) is 1. The first kappa shape index (κ1) is 13.5. The fraction of sp³-hybridized carbons (Fsp3) is 0.235. The van der Waals surface area contributed by atoms with E-state index in [-0.39, 0.29) is 6.03 Å². The van der Waals surface area contributed by atoms with Crippen LogP contribution >= 0.6 is 0 Å². The molecule has 3 rings (SSSR count).